The van der Waals surface area contributed by atoms with Crippen LogP contribution in [0.4, 0.5) is 10.1 Å². The molecule has 1 N–H and O–H groups in total. The predicted molar refractivity (Wildman–Crippen MR) is 127 cm³/mol. The molecule has 156 valence electrons. The summed E-state index contributed by atoms with van der Waals surface area (Å²) >= 11 is 2.37. The summed E-state index contributed by atoms with van der Waals surface area (Å²) in [4.78, 5) is 33.6. The van der Waals surface area contributed by atoms with Gasteiger partial charge in [0, 0.05) is 22.4 Å². The lowest BCUT2D eigenvalue weighted by atomic mass is 10.1. The number of nitro groups is 1. The van der Waals surface area contributed by atoms with Gasteiger partial charge < -0.3 is 0 Å². The van der Waals surface area contributed by atoms with Crippen LogP contribution in [0.2, 0.25) is 0 Å². The number of carbonyl (C=O) groups excluding carboxylic acids is 1. The molecule has 5 aromatic rings. The van der Waals surface area contributed by atoms with E-state index in [1.807, 2.05) is 60.0 Å². The number of amides is 1. The lowest BCUT2D eigenvalue weighted by molar-refractivity contribution is -0.380. The van der Waals surface area contributed by atoms with Gasteiger partial charge in [-0.15, -0.1) is 11.3 Å². The fourth-order valence-electron chi connectivity index (χ4n) is 3.29. The Hall–Kier alpha value is -3.95. The third-order valence-corrected chi connectivity index (χ3v) is 6.60. The zero-order valence-electron chi connectivity index (χ0n) is 16.4. The van der Waals surface area contributed by atoms with Crippen LogP contribution in [0.5, 0.6) is 0 Å². The molecular formula is C23H14N4O3S2. The first-order valence-corrected chi connectivity index (χ1v) is 11.2. The quantitative estimate of drug-likeness (QED) is 0.248. The number of thiazole rings is 1. The summed E-state index contributed by atoms with van der Waals surface area (Å²) in [6.07, 6.45) is 0. The minimum atomic E-state index is -0.435. The molecule has 0 atom stereocenters. The van der Waals surface area contributed by atoms with Crippen LogP contribution >= 0.6 is 22.7 Å². The van der Waals surface area contributed by atoms with Crippen LogP contribution < -0.4 is 5.32 Å². The maximum Gasteiger partial charge on any atom is 0.324 e. The fraction of sp³-hybridized carbons (Fsp3) is 0. The number of anilines is 1. The van der Waals surface area contributed by atoms with Crippen LogP contribution in [0.25, 0.3) is 32.7 Å². The van der Waals surface area contributed by atoms with Crippen molar-refractivity contribution >= 4 is 49.6 Å². The lowest BCUT2D eigenvalue weighted by Gasteiger charge is -2.08. The summed E-state index contributed by atoms with van der Waals surface area (Å²) in [6.45, 7) is 0. The lowest BCUT2D eigenvalue weighted by Crippen LogP contribution is -2.13. The highest BCUT2D eigenvalue weighted by Crippen LogP contribution is 2.34. The second kappa shape index (κ2) is 8.29. The van der Waals surface area contributed by atoms with Gasteiger partial charge in [-0.2, -0.15) is 0 Å². The van der Waals surface area contributed by atoms with Gasteiger partial charge in [0.1, 0.15) is 0 Å². The van der Waals surface area contributed by atoms with Crippen molar-refractivity contribution in [3.63, 3.8) is 0 Å². The predicted octanol–water partition coefficient (Wildman–Crippen LogP) is 6.25. The summed E-state index contributed by atoms with van der Waals surface area (Å²) in [5.41, 5.74) is 3.33. The third-order valence-electron chi connectivity index (χ3n) is 4.78. The van der Waals surface area contributed by atoms with Gasteiger partial charge in [-0.1, -0.05) is 59.9 Å². The van der Waals surface area contributed by atoms with Gasteiger partial charge in [0.25, 0.3) is 5.91 Å². The standard InChI is InChI=1S/C23H14N4O3S2/c28-22(26-23-25-19(13-31-23)14-6-2-1-3-7-14)16-12-18(20-10-11-21(32-20)27(29)30)24-17-9-5-4-8-15(16)17/h1-13H,(H,25,26,28). The molecule has 32 heavy (non-hydrogen) atoms. The topological polar surface area (TPSA) is 98.0 Å². The molecule has 7 nitrogen and oxygen atoms in total. The van der Waals surface area contributed by atoms with Crippen LogP contribution in [0, 0.1) is 10.1 Å². The molecule has 9 heteroatoms. The highest BCUT2D eigenvalue weighted by molar-refractivity contribution is 7.18. The van der Waals surface area contributed by atoms with E-state index in [0.29, 0.717) is 32.2 Å². The highest BCUT2D eigenvalue weighted by atomic mass is 32.1. The molecule has 0 saturated heterocycles. The Morgan fingerprint density at radius 1 is 0.938 bits per heavy atom. The summed E-state index contributed by atoms with van der Waals surface area (Å²) in [6, 6.07) is 21.8. The van der Waals surface area contributed by atoms with Crippen LogP contribution in [0.15, 0.2) is 78.2 Å². The highest BCUT2D eigenvalue weighted by Gasteiger charge is 2.18. The number of pyridine rings is 1. The Labute approximate surface area is 190 Å². The maximum absolute atomic E-state index is 13.2. The van der Waals surface area contributed by atoms with E-state index in [9.17, 15) is 14.9 Å². The number of nitrogens with zero attached hydrogens (tertiary/aromatic N) is 3. The van der Waals surface area contributed by atoms with Crippen molar-refractivity contribution in [1.29, 1.82) is 0 Å². The van der Waals surface area contributed by atoms with Gasteiger partial charge in [-0.3, -0.25) is 20.2 Å². The van der Waals surface area contributed by atoms with E-state index in [4.69, 9.17) is 0 Å². The van der Waals surface area contributed by atoms with Crippen LogP contribution in [-0.2, 0) is 0 Å². The number of para-hydroxylation sites is 1. The summed E-state index contributed by atoms with van der Waals surface area (Å²) in [5, 5.41) is 17.0. The first kappa shape index (κ1) is 20.0. The minimum Gasteiger partial charge on any atom is -0.298 e. The first-order chi connectivity index (χ1) is 15.6. The average molecular weight is 459 g/mol. The molecule has 0 spiro atoms. The Bertz CT molecular complexity index is 1460. The molecular weight excluding hydrogens is 444 g/mol. The van der Waals surface area contributed by atoms with Crippen molar-refractivity contribution < 1.29 is 9.72 Å². The van der Waals surface area contributed by atoms with Crippen molar-refractivity contribution in [2.45, 2.75) is 0 Å². The molecule has 0 aliphatic carbocycles. The summed E-state index contributed by atoms with van der Waals surface area (Å²) < 4.78 is 0. The van der Waals surface area contributed by atoms with Crippen LogP contribution in [0.3, 0.4) is 0 Å². The minimum absolute atomic E-state index is 0.0252. The number of hydrogen-bond acceptors (Lipinski definition) is 7. The van der Waals surface area contributed by atoms with Crippen LogP contribution in [-0.4, -0.2) is 20.8 Å². The third kappa shape index (κ3) is 3.86. The van der Waals surface area contributed by atoms with Gasteiger partial charge in [0.05, 0.1) is 32.3 Å². The van der Waals surface area contributed by atoms with Gasteiger partial charge in [0.2, 0.25) is 0 Å². The largest absolute Gasteiger partial charge is 0.324 e. The van der Waals surface area contributed by atoms with E-state index < -0.39 is 4.92 Å². The van der Waals surface area contributed by atoms with E-state index in [0.717, 1.165) is 22.6 Å². The van der Waals surface area contributed by atoms with E-state index in [1.54, 1.807) is 12.1 Å². The Kier molecular flexibility index (Phi) is 5.18. The van der Waals surface area contributed by atoms with E-state index in [2.05, 4.69) is 15.3 Å². The number of hydrogen-bond donors (Lipinski definition) is 1. The number of rotatable bonds is 5. The van der Waals surface area contributed by atoms with E-state index in [1.165, 1.54) is 17.4 Å². The normalized spacial score (nSPS) is 10.9. The second-order valence-electron chi connectivity index (χ2n) is 6.83. The molecule has 1 amide bonds. The van der Waals surface area contributed by atoms with Gasteiger partial charge >= 0.3 is 5.00 Å². The zero-order valence-corrected chi connectivity index (χ0v) is 18.0. The molecule has 0 aliphatic heterocycles. The Balaban J connectivity index is 1.50. The number of carbonyl (C=O) groups is 1. The summed E-state index contributed by atoms with van der Waals surface area (Å²) in [7, 11) is 0. The maximum atomic E-state index is 13.2. The fourth-order valence-corrected chi connectivity index (χ4v) is 4.79. The first-order valence-electron chi connectivity index (χ1n) is 9.55. The Morgan fingerprint density at radius 2 is 1.72 bits per heavy atom. The molecule has 3 aromatic heterocycles. The van der Waals surface area contributed by atoms with Crippen molar-refractivity contribution in [3.8, 4) is 21.8 Å². The molecule has 0 radical (unpaired) electrons. The van der Waals surface area contributed by atoms with Gasteiger partial charge in [-0.05, 0) is 18.2 Å². The molecule has 5 rings (SSSR count). The molecule has 0 saturated carbocycles. The average Bonchev–Trinajstić information content (AvgIpc) is 3.49. The van der Waals surface area contributed by atoms with E-state index in [-0.39, 0.29) is 10.9 Å². The van der Waals surface area contributed by atoms with Gasteiger partial charge in [0.15, 0.2) is 5.13 Å². The van der Waals surface area contributed by atoms with Crippen molar-refractivity contribution in [1.82, 2.24) is 9.97 Å². The van der Waals surface area contributed by atoms with Crippen molar-refractivity contribution in [2.24, 2.45) is 0 Å². The number of fused-ring (bicyclic) bond motifs is 1. The van der Waals surface area contributed by atoms with Crippen LogP contribution in [0.1, 0.15) is 10.4 Å². The molecule has 3 heterocycles. The molecule has 0 fully saturated rings. The number of benzene rings is 2. The smallest absolute Gasteiger partial charge is 0.298 e. The molecule has 2 aromatic carbocycles. The Morgan fingerprint density at radius 3 is 2.50 bits per heavy atom. The van der Waals surface area contributed by atoms with Crippen molar-refractivity contribution in [2.75, 3.05) is 5.32 Å². The number of nitrogens with one attached hydrogen (secondary N) is 1. The van der Waals surface area contributed by atoms with Crippen molar-refractivity contribution in [3.05, 3.63) is 93.9 Å². The number of thiophene rings is 1. The summed E-state index contributed by atoms with van der Waals surface area (Å²) in [5.74, 6) is -0.315. The number of aromatic nitrogens is 2. The SMILES string of the molecule is O=C(Nc1nc(-c2ccccc2)cs1)c1cc(-c2ccc([N+](=O)[O-])s2)nc2ccccc12. The molecule has 0 bridgehead atoms. The molecule has 0 aliphatic rings. The monoisotopic (exact) mass is 458 g/mol. The molecule has 0 unspecified atom stereocenters. The van der Waals surface area contributed by atoms with Gasteiger partial charge in [-0.25, -0.2) is 9.97 Å². The second-order valence-corrected chi connectivity index (χ2v) is 8.75. The zero-order chi connectivity index (χ0) is 22.1. The van der Waals surface area contributed by atoms with E-state index >= 15 is 0 Å².